The van der Waals surface area contributed by atoms with Crippen LogP contribution in [0.3, 0.4) is 0 Å². The molecule has 0 aliphatic heterocycles. The summed E-state index contributed by atoms with van der Waals surface area (Å²) in [5.74, 6) is 1.37. The van der Waals surface area contributed by atoms with E-state index in [9.17, 15) is 4.91 Å². The lowest BCUT2D eigenvalue weighted by atomic mass is 10.2. The number of hydrogen-bond donors (Lipinski definition) is 2. The lowest BCUT2D eigenvalue weighted by Gasteiger charge is -2.07. The van der Waals surface area contributed by atoms with Gasteiger partial charge in [-0.25, -0.2) is 10.1 Å². The van der Waals surface area contributed by atoms with Crippen molar-refractivity contribution in [3.05, 3.63) is 51.6 Å². The maximum atomic E-state index is 12.1. The molecule has 1 saturated carbocycles. The minimum Gasteiger partial charge on any atom is -0.324 e. The number of aryl methyl sites for hydroxylation is 1. The van der Waals surface area contributed by atoms with Crippen LogP contribution in [0.25, 0.3) is 17.0 Å². The van der Waals surface area contributed by atoms with E-state index < -0.39 is 0 Å². The third-order valence-corrected chi connectivity index (χ3v) is 4.76. The predicted molar refractivity (Wildman–Crippen MR) is 98.1 cm³/mol. The summed E-state index contributed by atoms with van der Waals surface area (Å²) in [5, 5.41) is 11.0. The molecule has 3 aromatic heterocycles. The third kappa shape index (κ3) is 2.85. The van der Waals surface area contributed by atoms with Crippen molar-refractivity contribution in [1.29, 1.82) is 0 Å². The highest BCUT2D eigenvalue weighted by Gasteiger charge is 2.29. The molecular formula is C17H15ClN7O2+. The van der Waals surface area contributed by atoms with Gasteiger partial charge in [0.2, 0.25) is 5.95 Å². The number of H-pyrrole nitrogens is 1. The molecule has 1 aliphatic rings. The number of fused-ring (bicyclic) bond motifs is 1. The normalized spacial score (nSPS) is 14.0. The van der Waals surface area contributed by atoms with Crippen molar-refractivity contribution in [1.82, 2.24) is 24.9 Å². The second-order valence-corrected chi connectivity index (χ2v) is 7.01. The molecule has 5 rings (SSSR count). The Morgan fingerprint density at radius 1 is 1.37 bits per heavy atom. The number of aromatic amines is 1. The van der Waals surface area contributed by atoms with Crippen LogP contribution in [0.15, 0.2) is 35.1 Å². The molecular weight excluding hydrogens is 370 g/mol. The van der Waals surface area contributed by atoms with Crippen molar-refractivity contribution in [3.63, 3.8) is 0 Å². The molecule has 0 atom stereocenters. The fourth-order valence-electron chi connectivity index (χ4n) is 2.93. The molecule has 1 fully saturated rings. The number of nitrogens with zero attached hydrogens (tertiary/aromatic N) is 5. The van der Waals surface area contributed by atoms with Gasteiger partial charge in [0, 0.05) is 27.4 Å². The first-order valence-electron chi connectivity index (χ1n) is 8.49. The van der Waals surface area contributed by atoms with Crippen molar-refractivity contribution in [3.8, 4) is 5.82 Å². The average Bonchev–Trinajstić information content (AvgIpc) is 3.29. The van der Waals surface area contributed by atoms with Gasteiger partial charge in [-0.1, -0.05) is 16.2 Å². The first kappa shape index (κ1) is 16.0. The van der Waals surface area contributed by atoms with Gasteiger partial charge < -0.3 is 5.32 Å². The molecule has 3 heterocycles. The summed E-state index contributed by atoms with van der Waals surface area (Å²) in [7, 11) is 0. The Balaban J connectivity index is 1.56. The zero-order valence-corrected chi connectivity index (χ0v) is 15.1. The average molecular weight is 385 g/mol. The highest BCUT2D eigenvalue weighted by atomic mass is 35.5. The van der Waals surface area contributed by atoms with Crippen LogP contribution in [0.2, 0.25) is 5.02 Å². The standard InChI is InChI=1S/C17H15ClN7O2/c1-9-6-11(18)4-5-12(9)20-17-19-8-14-16(21-17)24(27-25(14)26)15-7-13(22-23-15)10-2-3-10/h4-8,10H,2-3H2,1H3,(H,22,23)(H,19,20,21)/q+1. The van der Waals surface area contributed by atoms with Gasteiger partial charge >= 0.3 is 11.2 Å². The Bertz CT molecular complexity index is 1220. The third-order valence-electron chi connectivity index (χ3n) is 4.53. The van der Waals surface area contributed by atoms with E-state index >= 15 is 0 Å². The lowest BCUT2D eigenvalue weighted by Crippen LogP contribution is -2.10. The van der Waals surface area contributed by atoms with Crippen LogP contribution in [-0.2, 0) is 0 Å². The van der Waals surface area contributed by atoms with Gasteiger partial charge in [-0.05, 0) is 48.4 Å². The summed E-state index contributed by atoms with van der Waals surface area (Å²) >= 11 is 6.00. The molecule has 0 spiro atoms. The quantitative estimate of drug-likeness (QED) is 0.559. The number of nitrogens with one attached hydrogen (secondary N) is 2. The molecule has 1 aromatic carbocycles. The number of aromatic nitrogens is 6. The lowest BCUT2D eigenvalue weighted by molar-refractivity contribution is -0.696. The van der Waals surface area contributed by atoms with E-state index in [0.717, 1.165) is 29.8 Å². The van der Waals surface area contributed by atoms with Crippen LogP contribution in [0.1, 0.15) is 30.0 Å². The summed E-state index contributed by atoms with van der Waals surface area (Å²) in [5.41, 5.74) is 3.29. The Morgan fingerprint density at radius 2 is 2.22 bits per heavy atom. The molecule has 9 nitrogen and oxygen atoms in total. The first-order chi connectivity index (χ1) is 13.1. The summed E-state index contributed by atoms with van der Waals surface area (Å²) in [4.78, 5) is 20.7. The number of hydrogen-bond acceptors (Lipinski definition) is 6. The van der Waals surface area contributed by atoms with Gasteiger partial charge in [0.15, 0.2) is 4.60 Å². The molecule has 0 saturated heterocycles. The van der Waals surface area contributed by atoms with Gasteiger partial charge in [0.25, 0.3) is 5.82 Å². The van der Waals surface area contributed by atoms with Crippen LogP contribution in [0, 0.1) is 11.8 Å². The Morgan fingerprint density at radius 3 is 3.00 bits per heavy atom. The fraction of sp³-hybridized carbons (Fsp3) is 0.235. The molecule has 0 amide bonds. The van der Waals surface area contributed by atoms with E-state index in [-0.39, 0.29) is 5.52 Å². The van der Waals surface area contributed by atoms with Gasteiger partial charge in [-0.3, -0.25) is 0 Å². The molecule has 0 unspecified atom stereocenters. The smallest absolute Gasteiger partial charge is 0.324 e. The molecule has 27 heavy (non-hydrogen) atoms. The minimum absolute atomic E-state index is 0.218. The highest BCUT2D eigenvalue weighted by Crippen LogP contribution is 2.39. The van der Waals surface area contributed by atoms with Gasteiger partial charge in [0.05, 0.1) is 11.9 Å². The molecule has 10 heteroatoms. The van der Waals surface area contributed by atoms with Gasteiger partial charge in [-0.2, -0.15) is 10.1 Å². The second kappa shape index (κ2) is 5.92. The zero-order valence-electron chi connectivity index (χ0n) is 14.3. The number of rotatable bonds is 4. The topological polar surface area (TPSA) is 108 Å². The van der Waals surface area contributed by atoms with Gasteiger partial charge in [0.1, 0.15) is 0 Å². The van der Waals surface area contributed by atoms with E-state index in [1.54, 1.807) is 6.07 Å². The molecule has 2 N–H and O–H groups in total. The Labute approximate surface area is 157 Å². The van der Waals surface area contributed by atoms with Crippen molar-refractivity contribution < 1.29 is 9.23 Å². The summed E-state index contributed by atoms with van der Waals surface area (Å²) in [6.45, 7) is 1.93. The fourth-order valence-corrected chi connectivity index (χ4v) is 3.15. The van der Waals surface area contributed by atoms with Crippen molar-refractivity contribution in [2.75, 3.05) is 5.32 Å². The number of benzene rings is 1. The predicted octanol–water partition coefficient (Wildman–Crippen LogP) is 3.23. The number of anilines is 2. The number of halogens is 1. The molecule has 136 valence electrons. The second-order valence-electron chi connectivity index (χ2n) is 6.57. The van der Waals surface area contributed by atoms with Crippen LogP contribution >= 0.6 is 11.6 Å². The maximum Gasteiger partial charge on any atom is 0.327 e. The maximum absolute atomic E-state index is 12.1. The van der Waals surface area contributed by atoms with Crippen LogP contribution in [0.4, 0.5) is 11.6 Å². The van der Waals surface area contributed by atoms with E-state index in [1.807, 2.05) is 25.1 Å². The summed E-state index contributed by atoms with van der Waals surface area (Å²) in [6, 6.07) is 7.34. The van der Waals surface area contributed by atoms with Crippen LogP contribution in [-0.4, -0.2) is 24.9 Å². The first-order valence-corrected chi connectivity index (χ1v) is 8.87. The van der Waals surface area contributed by atoms with Crippen molar-refractivity contribution >= 4 is 34.4 Å². The van der Waals surface area contributed by atoms with E-state index in [2.05, 4.69) is 25.5 Å². The molecule has 1 aliphatic carbocycles. The zero-order chi connectivity index (χ0) is 18.5. The van der Waals surface area contributed by atoms with Crippen LogP contribution < -0.4 is 9.92 Å². The van der Waals surface area contributed by atoms with Gasteiger partial charge in [-0.15, -0.1) is 0 Å². The largest absolute Gasteiger partial charge is 0.327 e. The highest BCUT2D eigenvalue weighted by molar-refractivity contribution is 6.30. The van der Waals surface area contributed by atoms with Crippen molar-refractivity contribution in [2.45, 2.75) is 25.7 Å². The Kier molecular flexibility index (Phi) is 3.51. The molecule has 0 bridgehead atoms. The Hall–Kier alpha value is -3.20. The molecule has 0 radical (unpaired) electrons. The van der Waals surface area contributed by atoms with E-state index in [1.165, 1.54) is 10.9 Å². The summed E-state index contributed by atoms with van der Waals surface area (Å²) in [6.07, 6.45) is 3.68. The van der Waals surface area contributed by atoms with Crippen molar-refractivity contribution in [2.24, 2.45) is 0 Å². The molecule has 4 aromatic rings. The SMILES string of the molecule is Cc1cc(Cl)ccc1Nc1ncc2c(n1)n(-c1cc(C3CC3)n[nH]1)o[n+]2=O. The van der Waals surface area contributed by atoms with E-state index in [4.69, 9.17) is 16.2 Å². The van der Waals surface area contributed by atoms with Crippen LogP contribution in [0.5, 0.6) is 0 Å². The monoisotopic (exact) mass is 384 g/mol. The summed E-state index contributed by atoms with van der Waals surface area (Å²) < 4.78 is 6.97. The van der Waals surface area contributed by atoms with E-state index in [0.29, 0.717) is 33.0 Å². The minimum atomic E-state index is 0.218.